The molecule has 0 fully saturated rings. The Labute approximate surface area is 82.2 Å². The molecule has 76 valence electrons. The zero-order valence-corrected chi connectivity index (χ0v) is 8.54. The van der Waals surface area contributed by atoms with Crippen LogP contribution in [0.5, 0.6) is 0 Å². The molecule has 0 aliphatic carbocycles. The third-order valence-corrected chi connectivity index (χ3v) is 2.05. The molecule has 0 amide bonds. The standard InChI is InChI=1S/C12H22O/c1-2-3-4-5-6-7-8-9-10-11-12-13/h2-4,13H,1,5-12H2. The highest BCUT2D eigenvalue weighted by Crippen LogP contribution is 2.07. The Kier molecular flexibility index (Phi) is 10.9. The molecule has 0 aromatic carbocycles. The van der Waals surface area contributed by atoms with Gasteiger partial charge in [-0.2, -0.15) is 0 Å². The fourth-order valence-electron chi connectivity index (χ4n) is 1.27. The van der Waals surface area contributed by atoms with Crippen molar-refractivity contribution in [3.8, 4) is 0 Å². The van der Waals surface area contributed by atoms with Crippen LogP contribution in [0.4, 0.5) is 0 Å². The van der Waals surface area contributed by atoms with Gasteiger partial charge in [0.25, 0.3) is 0 Å². The van der Waals surface area contributed by atoms with Crippen LogP contribution in [0.3, 0.4) is 0 Å². The summed E-state index contributed by atoms with van der Waals surface area (Å²) < 4.78 is 0. The lowest BCUT2D eigenvalue weighted by atomic mass is 10.1. The fourth-order valence-corrected chi connectivity index (χ4v) is 1.27. The smallest absolute Gasteiger partial charge is 0.0431 e. The number of hydrogen-bond donors (Lipinski definition) is 1. The van der Waals surface area contributed by atoms with Crippen LogP contribution in [0.25, 0.3) is 0 Å². The highest BCUT2D eigenvalue weighted by molar-refractivity contribution is 4.96. The van der Waals surface area contributed by atoms with Crippen molar-refractivity contribution in [3.05, 3.63) is 24.8 Å². The summed E-state index contributed by atoms with van der Waals surface area (Å²) in [5.74, 6) is 0. The number of hydrogen-bond acceptors (Lipinski definition) is 1. The first-order chi connectivity index (χ1) is 6.41. The molecule has 0 saturated heterocycles. The van der Waals surface area contributed by atoms with Gasteiger partial charge in [0.05, 0.1) is 0 Å². The molecule has 0 rings (SSSR count). The minimum atomic E-state index is 0.349. The van der Waals surface area contributed by atoms with E-state index in [2.05, 4.69) is 12.7 Å². The predicted molar refractivity (Wildman–Crippen MR) is 58.7 cm³/mol. The van der Waals surface area contributed by atoms with Crippen molar-refractivity contribution >= 4 is 0 Å². The van der Waals surface area contributed by atoms with Crippen LogP contribution in [0.2, 0.25) is 0 Å². The van der Waals surface area contributed by atoms with Crippen molar-refractivity contribution in [2.75, 3.05) is 6.61 Å². The van der Waals surface area contributed by atoms with Gasteiger partial charge in [0.2, 0.25) is 0 Å². The Balaban J connectivity index is 2.91. The third kappa shape index (κ3) is 11.4. The quantitative estimate of drug-likeness (QED) is 0.428. The normalized spacial score (nSPS) is 10.8. The van der Waals surface area contributed by atoms with Crippen LogP contribution in [-0.2, 0) is 0 Å². The van der Waals surface area contributed by atoms with Crippen LogP contribution in [0, 0.1) is 0 Å². The van der Waals surface area contributed by atoms with Gasteiger partial charge in [0, 0.05) is 6.61 Å². The lowest BCUT2D eigenvalue weighted by molar-refractivity contribution is 0.282. The Hall–Kier alpha value is -0.560. The molecule has 0 aromatic rings. The summed E-state index contributed by atoms with van der Waals surface area (Å²) in [5.41, 5.74) is 0. The van der Waals surface area contributed by atoms with Gasteiger partial charge in [-0.05, 0) is 19.3 Å². The van der Waals surface area contributed by atoms with E-state index in [9.17, 15) is 0 Å². The number of aliphatic hydroxyl groups is 1. The molecule has 0 aliphatic heterocycles. The van der Waals surface area contributed by atoms with Crippen LogP contribution >= 0.6 is 0 Å². The number of rotatable bonds is 9. The van der Waals surface area contributed by atoms with Crippen molar-refractivity contribution in [1.29, 1.82) is 0 Å². The molecule has 0 unspecified atom stereocenters. The Morgan fingerprint density at radius 1 is 0.923 bits per heavy atom. The highest BCUT2D eigenvalue weighted by Gasteiger charge is 1.88. The SMILES string of the molecule is C=CC=CCCCCCCCCO. The molecule has 0 bridgehead atoms. The Morgan fingerprint density at radius 3 is 2.15 bits per heavy atom. The van der Waals surface area contributed by atoms with E-state index in [0.717, 1.165) is 6.42 Å². The second kappa shape index (κ2) is 11.4. The van der Waals surface area contributed by atoms with E-state index < -0.39 is 0 Å². The molecule has 0 aromatic heterocycles. The van der Waals surface area contributed by atoms with Gasteiger partial charge in [0.15, 0.2) is 0 Å². The van der Waals surface area contributed by atoms with Crippen molar-refractivity contribution in [2.24, 2.45) is 0 Å². The maximum atomic E-state index is 8.55. The first kappa shape index (κ1) is 12.4. The van der Waals surface area contributed by atoms with Gasteiger partial charge in [-0.15, -0.1) is 0 Å². The lowest BCUT2D eigenvalue weighted by Gasteiger charge is -1.98. The molecule has 0 atom stereocenters. The largest absolute Gasteiger partial charge is 0.396 e. The first-order valence-electron chi connectivity index (χ1n) is 5.30. The number of unbranched alkanes of at least 4 members (excludes halogenated alkanes) is 6. The predicted octanol–water partition coefficient (Wildman–Crippen LogP) is 3.45. The average Bonchev–Trinajstić information content (AvgIpc) is 2.16. The lowest BCUT2D eigenvalue weighted by Crippen LogP contribution is -1.83. The van der Waals surface area contributed by atoms with Crippen LogP contribution in [0.15, 0.2) is 24.8 Å². The average molecular weight is 182 g/mol. The molecule has 13 heavy (non-hydrogen) atoms. The maximum absolute atomic E-state index is 8.55. The summed E-state index contributed by atoms with van der Waals surface area (Å²) in [7, 11) is 0. The summed E-state index contributed by atoms with van der Waals surface area (Å²) in [6.07, 6.45) is 14.5. The zero-order valence-electron chi connectivity index (χ0n) is 8.54. The number of allylic oxidation sites excluding steroid dienone is 3. The molecule has 1 nitrogen and oxygen atoms in total. The summed E-state index contributed by atoms with van der Waals surface area (Å²) in [6.45, 7) is 3.97. The van der Waals surface area contributed by atoms with Crippen molar-refractivity contribution < 1.29 is 5.11 Å². The van der Waals surface area contributed by atoms with E-state index in [4.69, 9.17) is 5.11 Å². The van der Waals surface area contributed by atoms with Gasteiger partial charge in [-0.25, -0.2) is 0 Å². The monoisotopic (exact) mass is 182 g/mol. The minimum Gasteiger partial charge on any atom is -0.396 e. The van der Waals surface area contributed by atoms with Gasteiger partial charge in [-0.3, -0.25) is 0 Å². The van der Waals surface area contributed by atoms with Crippen molar-refractivity contribution in [3.63, 3.8) is 0 Å². The van der Waals surface area contributed by atoms with Gasteiger partial charge in [0.1, 0.15) is 0 Å². The van der Waals surface area contributed by atoms with Crippen molar-refractivity contribution in [2.45, 2.75) is 44.9 Å². The van der Waals surface area contributed by atoms with Crippen LogP contribution < -0.4 is 0 Å². The summed E-state index contributed by atoms with van der Waals surface area (Å²) >= 11 is 0. The van der Waals surface area contributed by atoms with Gasteiger partial charge >= 0.3 is 0 Å². The van der Waals surface area contributed by atoms with E-state index in [1.54, 1.807) is 0 Å². The Bertz CT molecular complexity index is 127. The molecule has 1 N–H and O–H groups in total. The van der Waals surface area contributed by atoms with Gasteiger partial charge < -0.3 is 5.11 Å². The molecule has 1 heteroatoms. The second-order valence-corrected chi connectivity index (χ2v) is 3.30. The minimum absolute atomic E-state index is 0.349. The molecular formula is C12H22O. The number of aliphatic hydroxyl groups excluding tert-OH is 1. The van der Waals surface area contributed by atoms with E-state index in [1.165, 1.54) is 38.5 Å². The van der Waals surface area contributed by atoms with Crippen LogP contribution in [0.1, 0.15) is 44.9 Å². The zero-order chi connectivity index (χ0) is 9.78. The van der Waals surface area contributed by atoms with E-state index in [0.29, 0.717) is 6.61 Å². The first-order valence-corrected chi connectivity index (χ1v) is 5.30. The molecule has 0 spiro atoms. The topological polar surface area (TPSA) is 20.2 Å². The van der Waals surface area contributed by atoms with Crippen LogP contribution in [-0.4, -0.2) is 11.7 Å². The summed E-state index contributed by atoms with van der Waals surface area (Å²) in [5, 5.41) is 8.55. The molecule has 0 saturated carbocycles. The second-order valence-electron chi connectivity index (χ2n) is 3.30. The third-order valence-electron chi connectivity index (χ3n) is 2.05. The fraction of sp³-hybridized carbons (Fsp3) is 0.667. The summed E-state index contributed by atoms with van der Waals surface area (Å²) in [6, 6.07) is 0. The molecular weight excluding hydrogens is 160 g/mol. The molecule has 0 heterocycles. The van der Waals surface area contributed by atoms with E-state index in [1.807, 2.05) is 12.2 Å². The van der Waals surface area contributed by atoms with E-state index in [-0.39, 0.29) is 0 Å². The molecule has 0 radical (unpaired) electrons. The molecule has 0 aliphatic rings. The maximum Gasteiger partial charge on any atom is 0.0431 e. The Morgan fingerprint density at radius 2 is 1.54 bits per heavy atom. The summed E-state index contributed by atoms with van der Waals surface area (Å²) in [4.78, 5) is 0. The van der Waals surface area contributed by atoms with E-state index >= 15 is 0 Å². The highest BCUT2D eigenvalue weighted by atomic mass is 16.2. The van der Waals surface area contributed by atoms with Crippen molar-refractivity contribution in [1.82, 2.24) is 0 Å². The van der Waals surface area contributed by atoms with Gasteiger partial charge in [-0.1, -0.05) is 50.5 Å².